The average Bonchev–Trinajstić information content (AvgIpc) is 2.34. The van der Waals surface area contributed by atoms with Crippen molar-refractivity contribution in [3.8, 4) is 11.6 Å². The first-order chi connectivity index (χ1) is 8.56. The van der Waals surface area contributed by atoms with E-state index >= 15 is 0 Å². The Hall–Kier alpha value is -1.58. The van der Waals surface area contributed by atoms with Crippen LogP contribution < -0.4 is 10.5 Å². The minimum absolute atomic E-state index is 0.0395. The van der Waals surface area contributed by atoms with E-state index < -0.39 is 0 Å². The summed E-state index contributed by atoms with van der Waals surface area (Å²) in [5.41, 5.74) is 7.78. The molecule has 0 aliphatic heterocycles. The molecule has 0 spiro atoms. The number of aromatic nitrogens is 1. The van der Waals surface area contributed by atoms with E-state index in [0.29, 0.717) is 11.6 Å². The molecule has 4 heteroatoms. The molecule has 0 radical (unpaired) electrons. The summed E-state index contributed by atoms with van der Waals surface area (Å²) in [5.74, 6) is 1.25. The summed E-state index contributed by atoms with van der Waals surface area (Å²) in [4.78, 5) is 4.16. The van der Waals surface area contributed by atoms with Gasteiger partial charge in [-0.3, -0.25) is 0 Å². The fraction of sp³-hybridized carbons (Fsp3) is 0.214. The molecule has 94 valence electrons. The van der Waals surface area contributed by atoms with Crippen molar-refractivity contribution in [2.45, 2.75) is 19.9 Å². The molecule has 0 aliphatic carbocycles. The number of halogens is 1. The lowest BCUT2D eigenvalue weighted by molar-refractivity contribution is 0.461. The lowest BCUT2D eigenvalue weighted by Gasteiger charge is -2.09. The van der Waals surface area contributed by atoms with Crippen molar-refractivity contribution in [3.63, 3.8) is 0 Å². The third kappa shape index (κ3) is 3.00. The van der Waals surface area contributed by atoms with Crippen molar-refractivity contribution < 1.29 is 4.74 Å². The molecular formula is C14H15ClN2O. The molecule has 0 bridgehead atoms. The van der Waals surface area contributed by atoms with E-state index in [9.17, 15) is 0 Å². The molecule has 2 N–H and O–H groups in total. The minimum atomic E-state index is -0.0395. The fourth-order valence-corrected chi connectivity index (χ4v) is 1.68. The Kier molecular flexibility index (Phi) is 3.84. The maximum absolute atomic E-state index is 5.96. The molecule has 3 nitrogen and oxygen atoms in total. The summed E-state index contributed by atoms with van der Waals surface area (Å²) in [5, 5.41) is 0.722. The van der Waals surface area contributed by atoms with Gasteiger partial charge < -0.3 is 10.5 Å². The first kappa shape index (κ1) is 12.9. The number of ether oxygens (including phenoxy) is 1. The van der Waals surface area contributed by atoms with E-state index in [1.807, 2.05) is 44.2 Å². The van der Waals surface area contributed by atoms with Crippen LogP contribution in [-0.2, 0) is 0 Å². The smallest absolute Gasteiger partial charge is 0.219 e. The monoisotopic (exact) mass is 262 g/mol. The molecule has 0 fully saturated rings. The highest BCUT2D eigenvalue weighted by Crippen LogP contribution is 2.25. The highest BCUT2D eigenvalue weighted by atomic mass is 35.5. The Balaban J connectivity index is 2.23. The van der Waals surface area contributed by atoms with E-state index in [0.717, 1.165) is 16.1 Å². The van der Waals surface area contributed by atoms with E-state index in [-0.39, 0.29) is 6.04 Å². The Bertz CT molecular complexity index is 555. The van der Waals surface area contributed by atoms with Crippen LogP contribution in [0.3, 0.4) is 0 Å². The molecule has 0 saturated heterocycles. The van der Waals surface area contributed by atoms with Crippen LogP contribution in [-0.4, -0.2) is 4.98 Å². The summed E-state index contributed by atoms with van der Waals surface area (Å²) in [6, 6.07) is 9.18. The van der Waals surface area contributed by atoms with Gasteiger partial charge in [-0.25, -0.2) is 4.98 Å². The van der Waals surface area contributed by atoms with Gasteiger partial charge in [0, 0.05) is 23.3 Å². The van der Waals surface area contributed by atoms with Gasteiger partial charge in [0.25, 0.3) is 0 Å². The predicted molar refractivity (Wildman–Crippen MR) is 73.1 cm³/mol. The molecule has 1 aromatic carbocycles. The summed E-state index contributed by atoms with van der Waals surface area (Å²) < 4.78 is 5.68. The summed E-state index contributed by atoms with van der Waals surface area (Å²) >= 11 is 5.96. The third-order valence-corrected chi connectivity index (χ3v) is 3.06. The molecule has 1 heterocycles. The van der Waals surface area contributed by atoms with Crippen LogP contribution in [0.1, 0.15) is 24.1 Å². The van der Waals surface area contributed by atoms with Gasteiger partial charge in [0.05, 0.1) is 0 Å². The summed E-state index contributed by atoms with van der Waals surface area (Å²) in [7, 11) is 0. The van der Waals surface area contributed by atoms with Crippen LogP contribution in [0.4, 0.5) is 0 Å². The zero-order valence-electron chi connectivity index (χ0n) is 10.4. The van der Waals surface area contributed by atoms with Gasteiger partial charge in [-0.1, -0.05) is 11.6 Å². The van der Waals surface area contributed by atoms with Gasteiger partial charge in [-0.15, -0.1) is 0 Å². The second-order valence-electron chi connectivity index (χ2n) is 4.23. The van der Waals surface area contributed by atoms with E-state index in [2.05, 4.69) is 4.98 Å². The number of hydrogen-bond acceptors (Lipinski definition) is 3. The molecule has 2 aromatic rings. The fourth-order valence-electron chi connectivity index (χ4n) is 1.57. The van der Waals surface area contributed by atoms with Crippen LogP contribution >= 0.6 is 11.6 Å². The Labute approximate surface area is 112 Å². The van der Waals surface area contributed by atoms with Crippen LogP contribution in [0.25, 0.3) is 0 Å². The predicted octanol–water partition coefficient (Wildman–Crippen LogP) is 3.86. The first-order valence-corrected chi connectivity index (χ1v) is 6.09. The second-order valence-corrected chi connectivity index (χ2v) is 4.64. The Morgan fingerprint density at radius 3 is 2.72 bits per heavy atom. The number of nitrogens with zero attached hydrogens (tertiary/aromatic N) is 1. The molecule has 1 aromatic heterocycles. The summed E-state index contributed by atoms with van der Waals surface area (Å²) in [6.07, 6.45) is 1.69. The zero-order valence-corrected chi connectivity index (χ0v) is 11.1. The van der Waals surface area contributed by atoms with Crippen LogP contribution in [0.15, 0.2) is 36.5 Å². The molecule has 1 atom stereocenters. The van der Waals surface area contributed by atoms with Crippen LogP contribution in [0.5, 0.6) is 11.6 Å². The van der Waals surface area contributed by atoms with Crippen LogP contribution in [0, 0.1) is 6.92 Å². The maximum Gasteiger partial charge on any atom is 0.219 e. The lowest BCUT2D eigenvalue weighted by atomic mass is 10.1. The SMILES string of the molecule is Cc1cc(Oc2cc([C@H](C)N)ccn2)ccc1Cl. The summed E-state index contributed by atoms with van der Waals surface area (Å²) in [6.45, 7) is 3.85. The molecule has 0 saturated carbocycles. The van der Waals surface area contributed by atoms with Gasteiger partial charge in [0.15, 0.2) is 0 Å². The number of rotatable bonds is 3. The van der Waals surface area contributed by atoms with Crippen LogP contribution in [0.2, 0.25) is 5.02 Å². The molecule has 0 amide bonds. The maximum atomic E-state index is 5.96. The lowest BCUT2D eigenvalue weighted by Crippen LogP contribution is -2.05. The second kappa shape index (κ2) is 5.38. The number of pyridine rings is 1. The third-order valence-electron chi connectivity index (χ3n) is 2.64. The van der Waals surface area contributed by atoms with Crippen molar-refractivity contribution in [2.75, 3.05) is 0 Å². The quantitative estimate of drug-likeness (QED) is 0.914. The highest BCUT2D eigenvalue weighted by Gasteiger charge is 2.04. The number of aryl methyl sites for hydroxylation is 1. The molecule has 2 rings (SSSR count). The molecular weight excluding hydrogens is 248 g/mol. The molecule has 18 heavy (non-hydrogen) atoms. The van der Waals surface area contributed by atoms with Crippen molar-refractivity contribution in [1.82, 2.24) is 4.98 Å². The van der Waals surface area contributed by atoms with Crippen molar-refractivity contribution in [2.24, 2.45) is 5.73 Å². The highest BCUT2D eigenvalue weighted by molar-refractivity contribution is 6.31. The van der Waals surface area contributed by atoms with Gasteiger partial charge in [-0.05, 0) is 49.2 Å². The number of nitrogens with two attached hydrogens (primary N) is 1. The van der Waals surface area contributed by atoms with E-state index in [4.69, 9.17) is 22.1 Å². The number of benzene rings is 1. The van der Waals surface area contributed by atoms with Crippen molar-refractivity contribution in [3.05, 3.63) is 52.7 Å². The Morgan fingerprint density at radius 2 is 2.06 bits per heavy atom. The molecule has 0 aliphatic rings. The standard InChI is InChI=1S/C14H15ClN2O/c1-9-7-12(3-4-13(9)15)18-14-8-11(10(2)16)5-6-17-14/h3-8,10H,16H2,1-2H3/t10-/m0/s1. The van der Waals surface area contributed by atoms with Gasteiger partial charge in [0.1, 0.15) is 5.75 Å². The van der Waals surface area contributed by atoms with Crippen molar-refractivity contribution in [1.29, 1.82) is 0 Å². The zero-order chi connectivity index (χ0) is 13.1. The minimum Gasteiger partial charge on any atom is -0.439 e. The van der Waals surface area contributed by atoms with Gasteiger partial charge in [-0.2, -0.15) is 0 Å². The largest absolute Gasteiger partial charge is 0.439 e. The van der Waals surface area contributed by atoms with Gasteiger partial charge in [0.2, 0.25) is 5.88 Å². The number of hydrogen-bond donors (Lipinski definition) is 1. The van der Waals surface area contributed by atoms with E-state index in [1.54, 1.807) is 6.20 Å². The normalized spacial score (nSPS) is 12.2. The van der Waals surface area contributed by atoms with E-state index in [1.165, 1.54) is 0 Å². The Morgan fingerprint density at radius 1 is 1.28 bits per heavy atom. The topological polar surface area (TPSA) is 48.1 Å². The average molecular weight is 263 g/mol. The van der Waals surface area contributed by atoms with Gasteiger partial charge >= 0.3 is 0 Å². The van der Waals surface area contributed by atoms with Crippen molar-refractivity contribution >= 4 is 11.6 Å². The first-order valence-electron chi connectivity index (χ1n) is 5.72. The molecule has 0 unspecified atom stereocenters.